The molecule has 0 spiro atoms. The number of hydrogen-bond acceptors (Lipinski definition) is 0. The van der Waals surface area contributed by atoms with Crippen LogP contribution in [0.2, 0.25) is 0 Å². The molecule has 0 amide bonds. The van der Waals surface area contributed by atoms with Crippen molar-refractivity contribution in [3.05, 3.63) is 40.8 Å². The Morgan fingerprint density at radius 3 is 2.77 bits per heavy atom. The summed E-state index contributed by atoms with van der Waals surface area (Å²) in [6, 6.07) is 6.27. The molecule has 0 saturated heterocycles. The Balaban J connectivity index is 3.47. The van der Waals surface area contributed by atoms with Crippen molar-refractivity contribution in [3.63, 3.8) is 0 Å². The Morgan fingerprint density at radius 2 is 2.23 bits per heavy atom. The lowest BCUT2D eigenvalue weighted by atomic mass is 9.92. The van der Waals surface area contributed by atoms with Gasteiger partial charge in [-0.05, 0) is 28.7 Å². The highest BCUT2D eigenvalue weighted by Crippen LogP contribution is 1.87. The molecule has 1 atom stereocenters. The Kier molecular flexibility index (Phi) is 3.51. The average molecular weight is 188 g/mol. The molecule has 0 aliphatic rings. The second-order valence-corrected chi connectivity index (χ2v) is 3.77. The molecular formula is C11H14BP. The minimum absolute atomic E-state index is 1.09. The summed E-state index contributed by atoms with van der Waals surface area (Å²) in [6.45, 7) is 6.04. The van der Waals surface area contributed by atoms with Crippen molar-refractivity contribution in [3.8, 4) is 0 Å². The minimum atomic E-state index is 1.09. The van der Waals surface area contributed by atoms with Crippen molar-refractivity contribution in [1.82, 2.24) is 0 Å². The van der Waals surface area contributed by atoms with Crippen LogP contribution in [-0.4, -0.2) is 7.85 Å². The molecule has 0 saturated carbocycles. The van der Waals surface area contributed by atoms with Gasteiger partial charge in [0.05, 0.1) is 0 Å². The van der Waals surface area contributed by atoms with Crippen molar-refractivity contribution < 1.29 is 0 Å². The van der Waals surface area contributed by atoms with E-state index in [9.17, 15) is 0 Å². The van der Waals surface area contributed by atoms with Gasteiger partial charge in [-0.25, -0.2) is 0 Å². The number of allylic oxidation sites excluding steroid dienone is 2. The smallest absolute Gasteiger partial charge is 0.106 e. The van der Waals surface area contributed by atoms with E-state index in [4.69, 9.17) is 0 Å². The van der Waals surface area contributed by atoms with Crippen LogP contribution in [0.5, 0.6) is 0 Å². The molecule has 1 aromatic carbocycles. The zero-order valence-corrected chi connectivity index (χ0v) is 9.33. The Bertz CT molecular complexity index is 432. The normalized spacial score (nSPS) is 13.4. The molecule has 2 heteroatoms. The topological polar surface area (TPSA) is 0 Å². The van der Waals surface area contributed by atoms with E-state index in [2.05, 4.69) is 47.9 Å². The van der Waals surface area contributed by atoms with E-state index in [1.165, 1.54) is 16.0 Å². The second-order valence-electron chi connectivity index (χ2n) is 3.10. The van der Waals surface area contributed by atoms with Crippen LogP contribution in [-0.2, 0) is 0 Å². The molecule has 0 N–H and O–H groups in total. The summed E-state index contributed by atoms with van der Waals surface area (Å²) in [5.41, 5.74) is 1.26. The molecule has 1 aromatic rings. The molecule has 1 rings (SSSR count). The zero-order chi connectivity index (χ0) is 9.84. The van der Waals surface area contributed by atoms with Crippen molar-refractivity contribution in [2.24, 2.45) is 0 Å². The molecule has 0 aromatic heterocycles. The average Bonchev–Trinajstić information content (AvgIpc) is 2.04. The molecule has 0 aliphatic heterocycles. The predicted octanol–water partition coefficient (Wildman–Crippen LogP) is -0.0853. The maximum Gasteiger partial charge on any atom is 0.140 e. The molecular weight excluding hydrogens is 174 g/mol. The fourth-order valence-corrected chi connectivity index (χ4v) is 1.64. The molecule has 1 unspecified atom stereocenters. The van der Waals surface area contributed by atoms with Crippen LogP contribution in [0.3, 0.4) is 0 Å². The maximum atomic E-state index is 4.02. The summed E-state index contributed by atoms with van der Waals surface area (Å²) in [5.74, 6) is 0. The standard InChI is InChI=1S/C11H14BP/c1-3-4-11(12)10-6-5-9(13)7-8(10)2/h3-7H,2,12-13H2,1H3/b4-3-,11-10+. The summed E-state index contributed by atoms with van der Waals surface area (Å²) in [4.78, 5) is 0. The third kappa shape index (κ3) is 2.57. The van der Waals surface area contributed by atoms with Gasteiger partial charge in [-0.1, -0.05) is 36.3 Å². The third-order valence-electron chi connectivity index (χ3n) is 1.97. The van der Waals surface area contributed by atoms with Crippen molar-refractivity contribution in [2.45, 2.75) is 6.92 Å². The van der Waals surface area contributed by atoms with Crippen molar-refractivity contribution in [2.75, 3.05) is 0 Å². The summed E-state index contributed by atoms with van der Waals surface area (Å²) in [6.07, 6.45) is 4.15. The first-order valence-corrected chi connectivity index (χ1v) is 4.91. The lowest BCUT2D eigenvalue weighted by Gasteiger charge is -1.95. The SMILES string of the molecule is BC(/C=C\C)=c1\ccc(P)cc1=C. The van der Waals surface area contributed by atoms with E-state index >= 15 is 0 Å². The van der Waals surface area contributed by atoms with Crippen molar-refractivity contribution >= 4 is 34.4 Å². The largest absolute Gasteiger partial charge is 0.140 e. The number of hydrogen-bond donors (Lipinski definition) is 0. The van der Waals surface area contributed by atoms with Gasteiger partial charge in [0.1, 0.15) is 7.85 Å². The summed E-state index contributed by atoms with van der Waals surface area (Å²) < 4.78 is 0. The zero-order valence-electron chi connectivity index (χ0n) is 8.17. The highest BCUT2D eigenvalue weighted by Gasteiger charge is 1.88. The van der Waals surface area contributed by atoms with Crippen LogP contribution in [0.15, 0.2) is 30.4 Å². The van der Waals surface area contributed by atoms with E-state index in [1.54, 1.807) is 0 Å². The third-order valence-corrected chi connectivity index (χ3v) is 2.33. The second kappa shape index (κ2) is 4.44. The first-order valence-electron chi connectivity index (χ1n) is 4.33. The van der Waals surface area contributed by atoms with Crippen LogP contribution < -0.4 is 15.7 Å². The van der Waals surface area contributed by atoms with Crippen LogP contribution >= 0.6 is 9.24 Å². The summed E-state index contributed by atoms with van der Waals surface area (Å²) >= 11 is 0. The number of benzene rings is 1. The first kappa shape index (κ1) is 10.3. The van der Waals surface area contributed by atoms with Gasteiger partial charge >= 0.3 is 0 Å². The molecule has 66 valence electrons. The molecule has 13 heavy (non-hydrogen) atoms. The van der Waals surface area contributed by atoms with E-state index in [-0.39, 0.29) is 0 Å². The fourth-order valence-electron chi connectivity index (χ4n) is 1.34. The molecule has 0 heterocycles. The maximum absolute atomic E-state index is 4.02. The molecule has 0 nitrogen and oxygen atoms in total. The Labute approximate surface area is 82.7 Å². The van der Waals surface area contributed by atoms with Gasteiger partial charge < -0.3 is 0 Å². The molecule has 0 fully saturated rings. The molecule has 0 bridgehead atoms. The van der Waals surface area contributed by atoms with Gasteiger partial charge in [-0.2, -0.15) is 0 Å². The first-order chi connectivity index (χ1) is 6.15. The van der Waals surface area contributed by atoms with Gasteiger partial charge in [-0.3, -0.25) is 0 Å². The molecule has 0 radical (unpaired) electrons. The highest BCUT2D eigenvalue weighted by atomic mass is 31.0. The van der Waals surface area contributed by atoms with E-state index in [1.807, 2.05) is 13.0 Å². The van der Waals surface area contributed by atoms with Crippen LogP contribution in [0.4, 0.5) is 0 Å². The quantitative estimate of drug-likeness (QED) is 0.427. The van der Waals surface area contributed by atoms with Gasteiger partial charge in [0.25, 0.3) is 0 Å². The fraction of sp³-hybridized carbons (Fsp3) is 0.0909. The van der Waals surface area contributed by atoms with Gasteiger partial charge in [0, 0.05) is 0 Å². The summed E-state index contributed by atoms with van der Waals surface area (Å²) in [7, 11) is 4.78. The Morgan fingerprint density at radius 1 is 1.54 bits per heavy atom. The molecule has 0 aliphatic carbocycles. The monoisotopic (exact) mass is 188 g/mol. The lowest BCUT2D eigenvalue weighted by molar-refractivity contribution is 1.55. The van der Waals surface area contributed by atoms with Crippen LogP contribution in [0.25, 0.3) is 12.1 Å². The predicted molar refractivity (Wildman–Crippen MR) is 67.3 cm³/mol. The number of rotatable bonds is 1. The van der Waals surface area contributed by atoms with Crippen LogP contribution in [0, 0.1) is 0 Å². The minimum Gasteiger partial charge on any atom is -0.106 e. The Hall–Kier alpha value is -0.805. The van der Waals surface area contributed by atoms with E-state index in [0.717, 1.165) is 5.22 Å². The van der Waals surface area contributed by atoms with Gasteiger partial charge in [0.15, 0.2) is 0 Å². The van der Waals surface area contributed by atoms with E-state index in [0.29, 0.717) is 0 Å². The van der Waals surface area contributed by atoms with Crippen molar-refractivity contribution in [1.29, 1.82) is 0 Å². The highest BCUT2D eigenvalue weighted by molar-refractivity contribution is 7.27. The van der Waals surface area contributed by atoms with Gasteiger partial charge in [0.2, 0.25) is 0 Å². The lowest BCUT2D eigenvalue weighted by Crippen LogP contribution is -2.27. The van der Waals surface area contributed by atoms with E-state index < -0.39 is 0 Å². The summed E-state index contributed by atoms with van der Waals surface area (Å²) in [5, 5.41) is 3.49. The van der Waals surface area contributed by atoms with Gasteiger partial charge in [-0.15, -0.1) is 9.24 Å². The van der Waals surface area contributed by atoms with Crippen LogP contribution in [0.1, 0.15) is 6.92 Å².